The average Bonchev–Trinajstić information content (AvgIpc) is 2.49. The van der Waals surface area contributed by atoms with Crippen molar-refractivity contribution in [1.82, 2.24) is 9.97 Å². The number of nitrogens with one attached hydrogen (secondary N) is 2. The van der Waals surface area contributed by atoms with Gasteiger partial charge in [0.1, 0.15) is 16.8 Å². The summed E-state index contributed by atoms with van der Waals surface area (Å²) in [5.41, 5.74) is 16.5. The predicted octanol–water partition coefficient (Wildman–Crippen LogP) is -0.788. The van der Waals surface area contributed by atoms with Crippen LogP contribution in [0.25, 0.3) is 0 Å². The molecule has 2 amide bonds. The number of carbonyl (C=O) groups is 2. The lowest BCUT2D eigenvalue weighted by Crippen LogP contribution is -2.37. The van der Waals surface area contributed by atoms with Crippen LogP contribution < -0.4 is 27.8 Å². The van der Waals surface area contributed by atoms with Crippen molar-refractivity contribution in [2.45, 2.75) is 19.4 Å². The molecule has 1 aromatic rings. The number of hydrogen-bond acceptors (Lipinski definition) is 8. The normalized spacial score (nSPS) is 13.5. The number of carbonyl (C=O) groups excluding carboxylic acids is 2. The Morgan fingerprint density at radius 1 is 1.38 bits per heavy atom. The standard InChI is InChI=1S/C14H21N7O3S2/c1-7(15)5-10(25)21-14-11(13(17)23)18-6-9(20-14)19-8(12(16)22)3-4-26(2)24/h5-6,8H,3-4,15H2,1-2H3,(H2,16,22)(H2,17,23)(H2,19,20,21,25)/t8-,26?/m1/s1. The van der Waals surface area contributed by atoms with Gasteiger partial charge < -0.3 is 27.8 Å². The van der Waals surface area contributed by atoms with E-state index in [9.17, 15) is 13.8 Å². The van der Waals surface area contributed by atoms with E-state index >= 15 is 0 Å². The molecule has 0 radical (unpaired) electrons. The summed E-state index contributed by atoms with van der Waals surface area (Å²) in [6.07, 6.45) is 4.46. The molecule has 2 atom stereocenters. The van der Waals surface area contributed by atoms with Crippen LogP contribution in [-0.4, -0.2) is 49.0 Å². The van der Waals surface area contributed by atoms with Gasteiger partial charge in [-0.25, -0.2) is 9.97 Å². The first-order valence-electron chi connectivity index (χ1n) is 7.37. The van der Waals surface area contributed by atoms with Gasteiger partial charge in [0.25, 0.3) is 5.91 Å². The zero-order valence-corrected chi connectivity index (χ0v) is 15.9. The van der Waals surface area contributed by atoms with Crippen molar-refractivity contribution >= 4 is 51.5 Å². The van der Waals surface area contributed by atoms with Crippen molar-refractivity contribution < 1.29 is 13.8 Å². The van der Waals surface area contributed by atoms with E-state index in [1.165, 1.54) is 18.5 Å². The lowest BCUT2D eigenvalue weighted by Gasteiger charge is -2.16. The van der Waals surface area contributed by atoms with Crippen molar-refractivity contribution in [3.8, 4) is 0 Å². The van der Waals surface area contributed by atoms with Crippen molar-refractivity contribution in [1.29, 1.82) is 0 Å². The molecule has 1 unspecified atom stereocenters. The van der Waals surface area contributed by atoms with E-state index in [2.05, 4.69) is 20.6 Å². The minimum Gasteiger partial charge on any atom is -0.402 e. The largest absolute Gasteiger partial charge is 0.402 e. The number of nitrogens with zero attached hydrogens (tertiary/aromatic N) is 2. The molecule has 1 aromatic heterocycles. The van der Waals surface area contributed by atoms with Crippen LogP contribution in [0.4, 0.5) is 11.6 Å². The molecule has 0 aliphatic carbocycles. The number of allylic oxidation sites excluding steroid dienone is 1. The molecule has 0 aromatic carbocycles. The van der Waals surface area contributed by atoms with Crippen LogP contribution in [0.2, 0.25) is 0 Å². The maximum Gasteiger partial charge on any atom is 0.271 e. The molecule has 26 heavy (non-hydrogen) atoms. The second kappa shape index (κ2) is 9.77. The summed E-state index contributed by atoms with van der Waals surface area (Å²) < 4.78 is 11.2. The highest BCUT2D eigenvalue weighted by Gasteiger charge is 2.19. The van der Waals surface area contributed by atoms with E-state index in [0.717, 1.165) is 0 Å². The molecule has 1 heterocycles. The highest BCUT2D eigenvalue weighted by molar-refractivity contribution is 7.84. The van der Waals surface area contributed by atoms with Crippen molar-refractivity contribution in [3.63, 3.8) is 0 Å². The number of nitrogens with two attached hydrogens (primary N) is 3. The number of rotatable bonds is 9. The minimum atomic E-state index is -1.08. The van der Waals surface area contributed by atoms with Crippen LogP contribution in [0.3, 0.4) is 0 Å². The van der Waals surface area contributed by atoms with E-state index in [-0.39, 0.29) is 34.5 Å². The maximum absolute atomic E-state index is 11.6. The van der Waals surface area contributed by atoms with Gasteiger partial charge in [0.15, 0.2) is 11.5 Å². The highest BCUT2D eigenvalue weighted by Crippen LogP contribution is 2.15. The predicted molar refractivity (Wildman–Crippen MR) is 105 cm³/mol. The summed E-state index contributed by atoms with van der Waals surface area (Å²) in [5.74, 6) is -0.992. The van der Waals surface area contributed by atoms with Crippen molar-refractivity contribution in [2.75, 3.05) is 22.6 Å². The number of primary amides is 2. The summed E-state index contributed by atoms with van der Waals surface area (Å²) in [6, 6.07) is -0.807. The molecule has 12 heteroatoms. The van der Waals surface area contributed by atoms with Crippen molar-refractivity contribution in [3.05, 3.63) is 23.7 Å². The fourth-order valence-electron chi connectivity index (χ4n) is 1.83. The Labute approximate surface area is 158 Å². The molecular weight excluding hydrogens is 378 g/mol. The number of aromatic nitrogens is 2. The van der Waals surface area contributed by atoms with E-state index < -0.39 is 28.7 Å². The molecule has 0 bridgehead atoms. The van der Waals surface area contributed by atoms with Gasteiger partial charge in [-0.3, -0.25) is 13.8 Å². The molecule has 0 saturated carbocycles. The maximum atomic E-state index is 11.6. The second-order valence-electron chi connectivity index (χ2n) is 5.36. The van der Waals surface area contributed by atoms with Gasteiger partial charge in [-0.15, -0.1) is 0 Å². The average molecular weight is 400 g/mol. The van der Waals surface area contributed by atoms with Gasteiger partial charge in [0.05, 0.1) is 6.20 Å². The quantitative estimate of drug-likeness (QED) is 0.263. The zero-order valence-electron chi connectivity index (χ0n) is 14.3. The zero-order chi connectivity index (χ0) is 19.9. The monoisotopic (exact) mass is 399 g/mol. The van der Waals surface area contributed by atoms with Crippen LogP contribution in [-0.2, 0) is 15.6 Å². The van der Waals surface area contributed by atoms with Crippen LogP contribution in [0.15, 0.2) is 18.0 Å². The Hall–Kier alpha value is -2.60. The summed E-state index contributed by atoms with van der Waals surface area (Å²) >= 11 is 5.09. The van der Waals surface area contributed by atoms with Crippen LogP contribution >= 0.6 is 12.2 Å². The van der Waals surface area contributed by atoms with Crippen LogP contribution in [0, 0.1) is 0 Å². The van der Waals surface area contributed by atoms with Crippen LogP contribution in [0.5, 0.6) is 0 Å². The van der Waals surface area contributed by atoms with E-state index in [1.54, 1.807) is 6.92 Å². The lowest BCUT2D eigenvalue weighted by atomic mass is 10.2. The number of thiocarbonyl (C=S) groups is 1. The molecule has 0 fully saturated rings. The second-order valence-corrected chi connectivity index (χ2v) is 7.35. The Morgan fingerprint density at radius 3 is 2.54 bits per heavy atom. The van der Waals surface area contributed by atoms with Gasteiger partial charge in [0, 0.05) is 28.5 Å². The highest BCUT2D eigenvalue weighted by atomic mass is 32.2. The number of anilines is 2. The van der Waals surface area contributed by atoms with E-state index in [0.29, 0.717) is 5.70 Å². The van der Waals surface area contributed by atoms with Gasteiger partial charge in [0.2, 0.25) is 5.91 Å². The van der Waals surface area contributed by atoms with Crippen LogP contribution in [0.1, 0.15) is 23.8 Å². The van der Waals surface area contributed by atoms with Gasteiger partial charge >= 0.3 is 0 Å². The van der Waals surface area contributed by atoms with Gasteiger partial charge in [-0.2, -0.15) is 0 Å². The fraction of sp³-hybridized carbons (Fsp3) is 0.357. The summed E-state index contributed by atoms with van der Waals surface area (Å²) in [7, 11) is -1.08. The summed E-state index contributed by atoms with van der Waals surface area (Å²) in [5, 5.41) is 5.51. The molecule has 0 aliphatic heterocycles. The molecule has 0 saturated heterocycles. The Kier molecular flexibility index (Phi) is 8.06. The Bertz CT molecular complexity index is 763. The third-order valence-corrected chi connectivity index (χ3v) is 4.00. The molecule has 142 valence electrons. The molecule has 1 rings (SSSR count). The third kappa shape index (κ3) is 7.11. The summed E-state index contributed by atoms with van der Waals surface area (Å²) in [4.78, 5) is 31.4. The summed E-state index contributed by atoms with van der Waals surface area (Å²) in [6.45, 7) is 1.64. The van der Waals surface area contributed by atoms with E-state index in [1.807, 2.05) is 0 Å². The number of amides is 2. The Balaban J connectivity index is 3.09. The molecule has 0 aliphatic rings. The molecular formula is C14H21N7O3S2. The first-order chi connectivity index (χ1) is 12.1. The lowest BCUT2D eigenvalue weighted by molar-refractivity contribution is -0.118. The third-order valence-electron chi connectivity index (χ3n) is 2.97. The van der Waals surface area contributed by atoms with Crippen molar-refractivity contribution in [2.24, 2.45) is 17.2 Å². The topological polar surface area (TPSA) is 179 Å². The molecule has 0 spiro atoms. The molecule has 8 N–H and O–H groups in total. The molecule has 10 nitrogen and oxygen atoms in total. The fourth-order valence-corrected chi connectivity index (χ4v) is 2.68. The smallest absolute Gasteiger partial charge is 0.271 e. The van der Waals surface area contributed by atoms with Gasteiger partial charge in [-0.1, -0.05) is 12.2 Å². The first kappa shape index (κ1) is 21.4. The minimum absolute atomic E-state index is 0.00675. The Morgan fingerprint density at radius 2 is 2.04 bits per heavy atom. The SMILES string of the molecule is CC(N)=CC(=S)Nc1nc(N[C@H](CCS(C)=O)C(N)=O)cnc1C(N)=O. The van der Waals surface area contributed by atoms with E-state index in [4.69, 9.17) is 29.4 Å². The van der Waals surface area contributed by atoms with Gasteiger partial charge in [-0.05, 0) is 19.4 Å². The first-order valence-corrected chi connectivity index (χ1v) is 9.51. The number of hydrogen-bond donors (Lipinski definition) is 5.